The van der Waals surface area contributed by atoms with Gasteiger partial charge in [0, 0.05) is 11.1 Å². The number of carbonyl (C=O) groups is 1. The van der Waals surface area contributed by atoms with Gasteiger partial charge in [0.25, 0.3) is 0 Å². The van der Waals surface area contributed by atoms with Crippen molar-refractivity contribution in [1.82, 2.24) is 0 Å². The molecule has 0 radical (unpaired) electrons. The van der Waals surface area contributed by atoms with Gasteiger partial charge in [0.2, 0.25) is 0 Å². The summed E-state index contributed by atoms with van der Waals surface area (Å²) < 4.78 is 0. The average molecular weight is 306 g/mol. The Kier molecular flexibility index (Phi) is 6.23. The summed E-state index contributed by atoms with van der Waals surface area (Å²) in [5.74, 6) is 0.142. The van der Waals surface area contributed by atoms with Crippen molar-refractivity contribution in [2.45, 2.75) is 41.5 Å². The van der Waals surface area contributed by atoms with Crippen LogP contribution in [0.15, 0.2) is 18.2 Å². The zero-order valence-electron chi connectivity index (χ0n) is 15.7. The second-order valence-corrected chi connectivity index (χ2v) is 6.60. The number of hydrogen-bond donors (Lipinski definition) is 0. The summed E-state index contributed by atoms with van der Waals surface area (Å²) >= 11 is 0. The van der Waals surface area contributed by atoms with E-state index in [4.69, 9.17) is 0 Å². The van der Waals surface area contributed by atoms with Crippen LogP contribution < -0.4 is 24.2 Å². The second-order valence-electron chi connectivity index (χ2n) is 6.03. The molecule has 0 saturated heterocycles. The van der Waals surface area contributed by atoms with Gasteiger partial charge in [0.1, 0.15) is 0 Å². The fourth-order valence-electron chi connectivity index (χ4n) is 3.21. The van der Waals surface area contributed by atoms with Gasteiger partial charge in [-0.2, -0.15) is 0 Å². The van der Waals surface area contributed by atoms with Gasteiger partial charge >= 0.3 is 18.9 Å². The Bertz CT molecular complexity index is 731. The molecule has 22 heavy (non-hydrogen) atoms. The molecule has 1 unspecified atom stereocenters. The van der Waals surface area contributed by atoms with Gasteiger partial charge in [-0.05, 0) is 74.7 Å². The molecule has 0 N–H and O–H groups in total. The zero-order valence-corrected chi connectivity index (χ0v) is 15.9. The first-order valence-electron chi connectivity index (χ1n) is 7.22. The van der Waals surface area contributed by atoms with Crippen LogP contribution >= 0.6 is 9.24 Å². The Balaban J connectivity index is 0.00000242. The zero-order chi connectivity index (χ0) is 15.9. The van der Waals surface area contributed by atoms with Crippen molar-refractivity contribution in [2.24, 2.45) is 0 Å². The van der Waals surface area contributed by atoms with Crippen molar-refractivity contribution >= 4 is 20.3 Å². The van der Waals surface area contributed by atoms with Gasteiger partial charge in [0.15, 0.2) is 5.78 Å². The molecule has 2 rings (SSSR count). The third kappa shape index (κ3) is 3.38. The molecule has 0 bridgehead atoms. The molecule has 0 heterocycles. The SMILES string of the molecule is Cc1cc(C)c(C(=O)c2c(C)cc(C)c(P)c2C)c(C)c1.[H-].[Li+]. The van der Waals surface area contributed by atoms with Crippen LogP contribution in [0.2, 0.25) is 0 Å². The molecule has 0 spiro atoms. The van der Waals surface area contributed by atoms with Crippen molar-refractivity contribution in [1.29, 1.82) is 0 Å². The number of benzene rings is 2. The van der Waals surface area contributed by atoms with Crippen LogP contribution in [0.4, 0.5) is 0 Å². The maximum Gasteiger partial charge on any atom is 1.00 e. The van der Waals surface area contributed by atoms with E-state index in [9.17, 15) is 4.79 Å². The van der Waals surface area contributed by atoms with Gasteiger partial charge in [-0.3, -0.25) is 4.79 Å². The summed E-state index contributed by atoms with van der Waals surface area (Å²) in [6.07, 6.45) is 0. The van der Waals surface area contributed by atoms with Gasteiger partial charge in [-0.15, -0.1) is 9.24 Å². The molecule has 2 aromatic rings. The predicted octanol–water partition coefficient (Wildman–Crippen LogP) is 1.39. The molecule has 0 aliphatic rings. The van der Waals surface area contributed by atoms with Crippen LogP contribution in [0.1, 0.15) is 50.7 Å². The van der Waals surface area contributed by atoms with Crippen molar-refractivity contribution in [3.63, 3.8) is 0 Å². The fraction of sp³-hybridized carbons (Fsp3) is 0.316. The molecule has 0 fully saturated rings. The molecule has 1 nitrogen and oxygen atoms in total. The van der Waals surface area contributed by atoms with E-state index in [2.05, 4.69) is 41.3 Å². The number of hydrogen-bond acceptors (Lipinski definition) is 1. The summed E-state index contributed by atoms with van der Waals surface area (Å²) in [6, 6.07) is 6.27. The standard InChI is InChI=1S/C19H23OP.Li.H/c1-10-7-11(2)16(12(3)8-10)18(20)17-13(4)9-14(5)19(21)15(17)6;;/h7-9H,21H2,1-6H3;;/q;+1;-1. The quantitative estimate of drug-likeness (QED) is 0.465. The molecule has 112 valence electrons. The molecule has 0 aromatic heterocycles. The minimum Gasteiger partial charge on any atom is -1.00 e. The summed E-state index contributed by atoms with van der Waals surface area (Å²) in [5, 5.41) is 1.13. The minimum absolute atomic E-state index is 0. The molecule has 0 aliphatic carbocycles. The number of ketones is 1. The van der Waals surface area contributed by atoms with E-state index < -0.39 is 0 Å². The van der Waals surface area contributed by atoms with Crippen LogP contribution in [0.5, 0.6) is 0 Å². The third-order valence-electron chi connectivity index (χ3n) is 4.16. The predicted molar refractivity (Wildman–Crippen MR) is 95.2 cm³/mol. The summed E-state index contributed by atoms with van der Waals surface area (Å²) in [7, 11) is 2.76. The number of carbonyl (C=O) groups excluding carboxylic acids is 1. The summed E-state index contributed by atoms with van der Waals surface area (Å²) in [5.41, 5.74) is 8.35. The maximum atomic E-state index is 13.1. The normalized spacial score (nSPS) is 10.3. The Morgan fingerprint density at radius 3 is 1.77 bits per heavy atom. The maximum absolute atomic E-state index is 13.1. The van der Waals surface area contributed by atoms with E-state index in [1.54, 1.807) is 0 Å². The third-order valence-corrected chi connectivity index (χ3v) is 5.05. The van der Waals surface area contributed by atoms with E-state index in [1.165, 1.54) is 11.1 Å². The first-order valence-corrected chi connectivity index (χ1v) is 7.80. The van der Waals surface area contributed by atoms with Gasteiger partial charge in [-0.25, -0.2) is 0 Å². The smallest absolute Gasteiger partial charge is 1.00 e. The van der Waals surface area contributed by atoms with Gasteiger partial charge < -0.3 is 1.43 Å². The molecule has 0 saturated carbocycles. The molecule has 3 heteroatoms. The van der Waals surface area contributed by atoms with E-state index in [0.29, 0.717) is 0 Å². The van der Waals surface area contributed by atoms with Crippen molar-refractivity contribution in [2.75, 3.05) is 0 Å². The molecular weight excluding hydrogens is 282 g/mol. The van der Waals surface area contributed by atoms with Crippen molar-refractivity contribution < 1.29 is 25.1 Å². The minimum atomic E-state index is 0. The number of rotatable bonds is 2. The second kappa shape index (κ2) is 7.14. The molecule has 2 aromatic carbocycles. The Labute approximate surface area is 149 Å². The first-order chi connectivity index (χ1) is 9.73. The molecule has 0 aliphatic heterocycles. The molecule has 1 atom stereocenters. The first kappa shape index (κ1) is 19.2. The van der Waals surface area contributed by atoms with Gasteiger partial charge in [0.05, 0.1) is 0 Å². The van der Waals surface area contributed by atoms with Crippen molar-refractivity contribution in [3.8, 4) is 0 Å². The van der Waals surface area contributed by atoms with Crippen LogP contribution in [0.25, 0.3) is 0 Å². The van der Waals surface area contributed by atoms with E-state index in [0.717, 1.165) is 38.7 Å². The van der Waals surface area contributed by atoms with Crippen LogP contribution in [-0.4, -0.2) is 5.78 Å². The fourth-order valence-corrected chi connectivity index (χ4v) is 3.44. The van der Waals surface area contributed by atoms with E-state index >= 15 is 0 Å². The Morgan fingerprint density at radius 2 is 1.27 bits per heavy atom. The van der Waals surface area contributed by atoms with Crippen LogP contribution in [-0.2, 0) is 0 Å². The van der Waals surface area contributed by atoms with Crippen LogP contribution in [0.3, 0.4) is 0 Å². The van der Waals surface area contributed by atoms with Crippen molar-refractivity contribution in [3.05, 3.63) is 62.7 Å². The van der Waals surface area contributed by atoms with Crippen LogP contribution in [0, 0.1) is 41.5 Å². The Morgan fingerprint density at radius 1 is 0.818 bits per heavy atom. The molecular formula is C19H24LiOP. The monoisotopic (exact) mass is 306 g/mol. The molecule has 0 amide bonds. The van der Waals surface area contributed by atoms with E-state index in [-0.39, 0.29) is 26.1 Å². The largest absolute Gasteiger partial charge is 1.00 e. The summed E-state index contributed by atoms with van der Waals surface area (Å²) in [6.45, 7) is 12.3. The Hall–Kier alpha value is -0.863. The topological polar surface area (TPSA) is 17.1 Å². The van der Waals surface area contributed by atoms with Gasteiger partial charge in [-0.1, -0.05) is 23.8 Å². The summed E-state index contributed by atoms with van der Waals surface area (Å²) in [4.78, 5) is 13.1. The number of aryl methyl sites for hydroxylation is 5. The average Bonchev–Trinajstić information content (AvgIpc) is 2.34. The van der Waals surface area contributed by atoms with E-state index in [1.807, 2.05) is 27.7 Å².